The van der Waals surface area contributed by atoms with E-state index >= 15 is 0 Å². The third-order valence-corrected chi connectivity index (χ3v) is 3.26. The Labute approximate surface area is 104 Å². The number of primary amides is 1. The lowest BCUT2D eigenvalue weighted by Gasteiger charge is -2.27. The Bertz CT molecular complexity index is 223. The van der Waals surface area contributed by atoms with Crippen LogP contribution in [0.4, 0.5) is 0 Å². The minimum atomic E-state index is -0.135. The van der Waals surface area contributed by atoms with E-state index in [0.29, 0.717) is 12.0 Å². The molecule has 100 valence electrons. The highest BCUT2D eigenvalue weighted by Gasteiger charge is 2.23. The van der Waals surface area contributed by atoms with E-state index in [4.69, 9.17) is 10.5 Å². The van der Waals surface area contributed by atoms with Crippen LogP contribution >= 0.6 is 0 Å². The number of nitrogens with one attached hydrogen (secondary N) is 1. The lowest BCUT2D eigenvalue weighted by Crippen LogP contribution is -2.38. The molecule has 4 heteroatoms. The molecule has 1 aliphatic carbocycles. The second-order valence-corrected chi connectivity index (χ2v) is 5.37. The van der Waals surface area contributed by atoms with E-state index in [1.54, 1.807) is 0 Å². The average Bonchev–Trinajstić information content (AvgIpc) is 2.29. The van der Waals surface area contributed by atoms with Crippen LogP contribution in [0.1, 0.15) is 39.5 Å². The molecule has 17 heavy (non-hydrogen) atoms. The fourth-order valence-corrected chi connectivity index (χ4v) is 2.24. The monoisotopic (exact) mass is 242 g/mol. The third kappa shape index (κ3) is 6.03. The molecule has 0 unspecified atom stereocenters. The quantitative estimate of drug-likeness (QED) is 0.661. The number of rotatable bonds is 7. The lowest BCUT2D eigenvalue weighted by atomic mass is 9.85. The summed E-state index contributed by atoms with van der Waals surface area (Å²) in [7, 11) is 0. The normalized spacial score (nSPS) is 25.1. The van der Waals surface area contributed by atoms with E-state index in [9.17, 15) is 4.79 Å². The van der Waals surface area contributed by atoms with E-state index in [2.05, 4.69) is 19.2 Å². The second-order valence-electron chi connectivity index (χ2n) is 5.37. The second kappa shape index (κ2) is 7.67. The molecule has 0 aromatic rings. The van der Waals surface area contributed by atoms with Crippen molar-refractivity contribution in [1.29, 1.82) is 0 Å². The molecule has 0 radical (unpaired) electrons. The summed E-state index contributed by atoms with van der Waals surface area (Å²) in [6, 6.07) is 0.535. The van der Waals surface area contributed by atoms with Gasteiger partial charge in [-0.15, -0.1) is 0 Å². The van der Waals surface area contributed by atoms with Gasteiger partial charge in [-0.25, -0.2) is 0 Å². The topological polar surface area (TPSA) is 64.3 Å². The van der Waals surface area contributed by atoms with Crippen molar-refractivity contribution >= 4 is 5.91 Å². The van der Waals surface area contributed by atoms with Crippen molar-refractivity contribution < 1.29 is 9.53 Å². The largest absolute Gasteiger partial charge is 0.380 e. The molecule has 4 nitrogen and oxygen atoms in total. The molecule has 1 fully saturated rings. The molecule has 1 amide bonds. The maximum atomic E-state index is 11.0. The molecule has 0 spiro atoms. The van der Waals surface area contributed by atoms with E-state index in [1.807, 2.05) is 0 Å². The molecule has 1 saturated carbocycles. The Balaban J connectivity index is 2.01. The molecule has 3 N–H and O–H groups in total. The molecule has 1 aliphatic rings. The maximum Gasteiger partial charge on any atom is 0.220 e. The van der Waals surface area contributed by atoms with Crippen LogP contribution in [0, 0.1) is 11.8 Å². The molecule has 0 bridgehead atoms. The van der Waals surface area contributed by atoms with Gasteiger partial charge in [0.15, 0.2) is 0 Å². The van der Waals surface area contributed by atoms with Crippen LogP contribution in [0.2, 0.25) is 0 Å². The van der Waals surface area contributed by atoms with Gasteiger partial charge in [-0.05, 0) is 31.6 Å². The Kier molecular flexibility index (Phi) is 6.52. The van der Waals surface area contributed by atoms with Crippen molar-refractivity contribution in [3.05, 3.63) is 0 Å². The highest BCUT2D eigenvalue weighted by Crippen LogP contribution is 2.23. The smallest absolute Gasteiger partial charge is 0.220 e. The van der Waals surface area contributed by atoms with Gasteiger partial charge in [0.05, 0.1) is 6.61 Å². The number of hydrogen-bond acceptors (Lipinski definition) is 3. The van der Waals surface area contributed by atoms with Gasteiger partial charge in [0, 0.05) is 25.1 Å². The molecule has 0 atom stereocenters. The molecule has 0 aromatic carbocycles. The molecular weight excluding hydrogens is 216 g/mol. The number of carbonyl (C=O) groups is 1. The van der Waals surface area contributed by atoms with Crippen LogP contribution in [0.15, 0.2) is 0 Å². The lowest BCUT2D eigenvalue weighted by molar-refractivity contribution is -0.122. The highest BCUT2D eigenvalue weighted by atomic mass is 16.5. The number of carbonyl (C=O) groups excluding carboxylic acids is 1. The fourth-order valence-electron chi connectivity index (χ4n) is 2.24. The van der Waals surface area contributed by atoms with Crippen molar-refractivity contribution in [2.75, 3.05) is 19.8 Å². The minimum absolute atomic E-state index is 0.102. The average molecular weight is 242 g/mol. The summed E-state index contributed by atoms with van der Waals surface area (Å²) in [4.78, 5) is 11.0. The SMILES string of the molecule is CC(C)COCCNC1CCC(C(N)=O)CC1. The summed E-state index contributed by atoms with van der Waals surface area (Å²) >= 11 is 0. The molecule has 1 rings (SSSR count). The maximum absolute atomic E-state index is 11.0. The van der Waals surface area contributed by atoms with Gasteiger partial charge in [-0.1, -0.05) is 13.8 Å². The van der Waals surface area contributed by atoms with Gasteiger partial charge in [0.25, 0.3) is 0 Å². The Morgan fingerprint density at radius 1 is 1.35 bits per heavy atom. The summed E-state index contributed by atoms with van der Waals surface area (Å²) in [5, 5.41) is 3.48. The predicted octanol–water partition coefficient (Wildman–Crippen LogP) is 1.29. The third-order valence-electron chi connectivity index (χ3n) is 3.26. The first-order valence-corrected chi connectivity index (χ1v) is 6.70. The summed E-state index contributed by atoms with van der Waals surface area (Å²) in [6.45, 7) is 6.81. The van der Waals surface area contributed by atoms with Gasteiger partial charge in [-0.2, -0.15) is 0 Å². The number of hydrogen-bond donors (Lipinski definition) is 2. The van der Waals surface area contributed by atoms with Gasteiger partial charge in [-0.3, -0.25) is 4.79 Å². The van der Waals surface area contributed by atoms with E-state index in [-0.39, 0.29) is 11.8 Å². The number of amides is 1. The van der Waals surface area contributed by atoms with Crippen molar-refractivity contribution in [1.82, 2.24) is 5.32 Å². The van der Waals surface area contributed by atoms with Crippen LogP contribution in [0.3, 0.4) is 0 Å². The standard InChI is InChI=1S/C13H26N2O2/c1-10(2)9-17-8-7-15-12-5-3-11(4-6-12)13(14)16/h10-12,15H,3-9H2,1-2H3,(H2,14,16). The van der Waals surface area contributed by atoms with Gasteiger partial charge in [0.1, 0.15) is 0 Å². The molecule has 0 heterocycles. The van der Waals surface area contributed by atoms with E-state index in [0.717, 1.165) is 45.4 Å². The Morgan fingerprint density at radius 3 is 2.53 bits per heavy atom. The van der Waals surface area contributed by atoms with E-state index < -0.39 is 0 Å². The summed E-state index contributed by atoms with van der Waals surface area (Å²) in [5.74, 6) is 0.565. The van der Waals surface area contributed by atoms with Crippen LogP contribution in [-0.2, 0) is 9.53 Å². The van der Waals surface area contributed by atoms with Crippen LogP contribution in [-0.4, -0.2) is 31.7 Å². The van der Waals surface area contributed by atoms with Crippen LogP contribution in [0.5, 0.6) is 0 Å². The number of ether oxygens (including phenoxy) is 1. The van der Waals surface area contributed by atoms with Crippen molar-refractivity contribution in [2.24, 2.45) is 17.6 Å². The van der Waals surface area contributed by atoms with Crippen molar-refractivity contribution in [2.45, 2.75) is 45.6 Å². The molecule has 0 aliphatic heterocycles. The van der Waals surface area contributed by atoms with Crippen molar-refractivity contribution in [3.8, 4) is 0 Å². The van der Waals surface area contributed by atoms with Crippen LogP contribution < -0.4 is 11.1 Å². The summed E-state index contributed by atoms with van der Waals surface area (Å²) in [6.07, 6.45) is 3.97. The van der Waals surface area contributed by atoms with Gasteiger partial charge >= 0.3 is 0 Å². The predicted molar refractivity (Wildman–Crippen MR) is 68.6 cm³/mol. The highest BCUT2D eigenvalue weighted by molar-refractivity contribution is 5.76. The molecule has 0 saturated heterocycles. The zero-order valence-electron chi connectivity index (χ0n) is 11.1. The van der Waals surface area contributed by atoms with Gasteiger partial charge < -0.3 is 15.8 Å². The first kappa shape index (κ1) is 14.5. The Hall–Kier alpha value is -0.610. The molecule has 0 aromatic heterocycles. The zero-order chi connectivity index (χ0) is 12.7. The van der Waals surface area contributed by atoms with Crippen molar-refractivity contribution in [3.63, 3.8) is 0 Å². The zero-order valence-corrected chi connectivity index (χ0v) is 11.1. The fraction of sp³-hybridized carbons (Fsp3) is 0.923. The first-order valence-electron chi connectivity index (χ1n) is 6.70. The summed E-state index contributed by atoms with van der Waals surface area (Å²) < 4.78 is 5.51. The Morgan fingerprint density at radius 2 is 2.00 bits per heavy atom. The minimum Gasteiger partial charge on any atom is -0.380 e. The van der Waals surface area contributed by atoms with E-state index in [1.165, 1.54) is 0 Å². The van der Waals surface area contributed by atoms with Gasteiger partial charge in [0.2, 0.25) is 5.91 Å². The first-order chi connectivity index (χ1) is 8.09. The molecular formula is C13H26N2O2. The summed E-state index contributed by atoms with van der Waals surface area (Å²) in [5.41, 5.74) is 5.30. The number of nitrogens with two attached hydrogens (primary N) is 1. The van der Waals surface area contributed by atoms with Crippen LogP contribution in [0.25, 0.3) is 0 Å².